The minimum atomic E-state index is -3.46. The lowest BCUT2D eigenvalue weighted by Gasteiger charge is -2.17. The predicted octanol–water partition coefficient (Wildman–Crippen LogP) is 0.00540. The molecule has 3 N–H and O–H groups in total. The molecule has 0 amide bonds. The minimum Gasteiger partial charge on any atom is -0.392 e. The van der Waals surface area contributed by atoms with Gasteiger partial charge in [-0.15, -0.1) is 0 Å². The molecule has 0 saturated carbocycles. The van der Waals surface area contributed by atoms with Gasteiger partial charge in [0.05, 0.1) is 4.99 Å². The zero-order chi connectivity index (χ0) is 12.1. The van der Waals surface area contributed by atoms with Crippen molar-refractivity contribution in [1.29, 1.82) is 0 Å². The second-order valence-corrected chi connectivity index (χ2v) is 5.89. The number of hydrogen-bond donors (Lipinski definition) is 2. The molecule has 0 fully saturated rings. The van der Waals surface area contributed by atoms with E-state index in [1.807, 2.05) is 0 Å². The Bertz CT molecular complexity index is 303. The van der Waals surface area contributed by atoms with E-state index in [4.69, 9.17) is 10.5 Å². The Hall–Kier alpha value is -0.240. The van der Waals surface area contributed by atoms with Gasteiger partial charge in [0, 0.05) is 19.8 Å². The van der Waals surface area contributed by atoms with Gasteiger partial charge in [-0.3, -0.25) is 0 Å². The van der Waals surface area contributed by atoms with Gasteiger partial charge in [0.1, 0.15) is 5.25 Å². The summed E-state index contributed by atoms with van der Waals surface area (Å²) in [6.45, 7) is 3.74. The van der Waals surface area contributed by atoms with Crippen LogP contribution in [0.5, 0.6) is 0 Å². The van der Waals surface area contributed by atoms with E-state index in [1.165, 1.54) is 6.92 Å². The largest absolute Gasteiger partial charge is 0.392 e. The monoisotopic (exact) mass is 254 g/mol. The van der Waals surface area contributed by atoms with Gasteiger partial charge in [0.2, 0.25) is 10.0 Å². The van der Waals surface area contributed by atoms with Gasteiger partial charge in [-0.2, -0.15) is 0 Å². The fourth-order valence-electron chi connectivity index (χ4n) is 0.889. The summed E-state index contributed by atoms with van der Waals surface area (Å²) in [4.78, 5) is -0.0264. The Morgan fingerprint density at radius 3 is 2.47 bits per heavy atom. The van der Waals surface area contributed by atoms with Crippen molar-refractivity contribution in [2.24, 2.45) is 5.73 Å². The van der Waals surface area contributed by atoms with Gasteiger partial charge in [0.15, 0.2) is 0 Å². The minimum absolute atomic E-state index is 0.0264. The fraction of sp³-hybridized carbons (Fsp3) is 0.875. The molecule has 7 heteroatoms. The summed E-state index contributed by atoms with van der Waals surface area (Å²) in [7, 11) is -1.89. The molecule has 0 spiro atoms. The molecular weight excluding hydrogens is 236 g/mol. The summed E-state index contributed by atoms with van der Waals surface area (Å²) < 4.78 is 30.6. The number of nitrogens with one attached hydrogen (secondary N) is 1. The van der Waals surface area contributed by atoms with Gasteiger partial charge < -0.3 is 10.5 Å². The number of ether oxygens (including phenoxy) is 1. The third-order valence-corrected chi connectivity index (χ3v) is 4.41. The Morgan fingerprint density at radius 1 is 1.53 bits per heavy atom. The highest BCUT2D eigenvalue weighted by molar-refractivity contribution is 7.93. The maximum Gasteiger partial charge on any atom is 0.220 e. The van der Waals surface area contributed by atoms with Crippen molar-refractivity contribution in [2.75, 3.05) is 13.7 Å². The molecule has 0 saturated heterocycles. The van der Waals surface area contributed by atoms with Crippen LogP contribution in [0.15, 0.2) is 0 Å². The molecule has 0 aliphatic carbocycles. The topological polar surface area (TPSA) is 81.4 Å². The zero-order valence-corrected chi connectivity index (χ0v) is 10.8. The number of nitrogens with two attached hydrogens (primary N) is 1. The van der Waals surface area contributed by atoms with Crippen LogP contribution in [0.3, 0.4) is 0 Å². The summed E-state index contributed by atoms with van der Waals surface area (Å²) in [5.41, 5.74) is 5.29. The van der Waals surface area contributed by atoms with Crippen molar-refractivity contribution in [1.82, 2.24) is 4.72 Å². The molecule has 0 heterocycles. The average Bonchev–Trinajstić information content (AvgIpc) is 2.12. The first-order chi connectivity index (χ1) is 6.81. The number of hydrogen-bond acceptors (Lipinski definition) is 4. The summed E-state index contributed by atoms with van der Waals surface area (Å²) >= 11 is 4.64. The molecule has 0 radical (unpaired) electrons. The zero-order valence-electron chi connectivity index (χ0n) is 9.19. The molecule has 0 bridgehead atoms. The Labute approximate surface area is 96.4 Å². The first kappa shape index (κ1) is 14.8. The molecule has 2 unspecified atom stereocenters. The van der Waals surface area contributed by atoms with Crippen molar-refractivity contribution in [3.05, 3.63) is 0 Å². The molecular formula is C8H18N2O3S2. The van der Waals surface area contributed by atoms with Crippen molar-refractivity contribution in [3.8, 4) is 0 Å². The molecule has 0 aromatic heterocycles. The van der Waals surface area contributed by atoms with Gasteiger partial charge in [-0.1, -0.05) is 12.2 Å². The van der Waals surface area contributed by atoms with Crippen LogP contribution in [0.25, 0.3) is 0 Å². The molecule has 0 aromatic rings. The standard InChI is InChI=1S/C8H18N2O3S2/c1-6(4-5-13-3)10-15(11,12)7(2)8(9)14/h6-7,10H,4-5H2,1-3H3,(H2,9,14). The molecule has 90 valence electrons. The second-order valence-electron chi connectivity index (χ2n) is 3.39. The van der Waals surface area contributed by atoms with E-state index in [0.29, 0.717) is 13.0 Å². The SMILES string of the molecule is COCCC(C)NS(=O)(=O)C(C)C(N)=S. The van der Waals surface area contributed by atoms with Crippen LogP contribution in [0, 0.1) is 0 Å². The van der Waals surface area contributed by atoms with E-state index in [-0.39, 0.29) is 11.0 Å². The van der Waals surface area contributed by atoms with E-state index in [1.54, 1.807) is 14.0 Å². The molecule has 15 heavy (non-hydrogen) atoms. The summed E-state index contributed by atoms with van der Waals surface area (Å²) in [6, 6.07) is -0.188. The van der Waals surface area contributed by atoms with Crippen LogP contribution in [0.1, 0.15) is 20.3 Å². The molecule has 2 atom stereocenters. The van der Waals surface area contributed by atoms with Crippen molar-refractivity contribution >= 4 is 27.2 Å². The normalized spacial score (nSPS) is 15.9. The van der Waals surface area contributed by atoms with Crippen molar-refractivity contribution < 1.29 is 13.2 Å². The highest BCUT2D eigenvalue weighted by atomic mass is 32.2. The average molecular weight is 254 g/mol. The molecule has 0 rings (SSSR count). The Balaban J connectivity index is 4.32. The van der Waals surface area contributed by atoms with E-state index in [2.05, 4.69) is 16.9 Å². The van der Waals surface area contributed by atoms with Gasteiger partial charge in [-0.25, -0.2) is 13.1 Å². The first-order valence-corrected chi connectivity index (χ1v) is 6.56. The summed E-state index contributed by atoms with van der Waals surface area (Å²) in [5, 5.41) is -0.850. The van der Waals surface area contributed by atoms with Crippen LogP contribution in [-0.4, -0.2) is 38.4 Å². The maximum absolute atomic E-state index is 11.6. The molecule has 0 aromatic carbocycles. The fourth-order valence-corrected chi connectivity index (χ4v) is 2.46. The van der Waals surface area contributed by atoms with Crippen LogP contribution < -0.4 is 10.5 Å². The van der Waals surface area contributed by atoms with E-state index < -0.39 is 15.3 Å². The number of thiocarbonyl (C=S) groups is 1. The highest BCUT2D eigenvalue weighted by Gasteiger charge is 2.24. The van der Waals surface area contributed by atoms with Gasteiger partial charge in [0.25, 0.3) is 0 Å². The first-order valence-electron chi connectivity index (χ1n) is 4.60. The third kappa shape index (κ3) is 5.41. The third-order valence-electron chi connectivity index (χ3n) is 1.99. The van der Waals surface area contributed by atoms with Crippen molar-refractivity contribution in [2.45, 2.75) is 31.6 Å². The Morgan fingerprint density at radius 2 is 2.07 bits per heavy atom. The lowest BCUT2D eigenvalue weighted by molar-refractivity contribution is 0.188. The summed E-state index contributed by atoms with van der Waals surface area (Å²) in [5.74, 6) is 0. The quantitative estimate of drug-likeness (QED) is 0.625. The lowest BCUT2D eigenvalue weighted by atomic mass is 10.3. The maximum atomic E-state index is 11.6. The van der Waals surface area contributed by atoms with Crippen molar-refractivity contribution in [3.63, 3.8) is 0 Å². The van der Waals surface area contributed by atoms with Gasteiger partial charge in [-0.05, 0) is 20.3 Å². The molecule has 0 aliphatic heterocycles. The smallest absolute Gasteiger partial charge is 0.220 e. The highest BCUT2D eigenvalue weighted by Crippen LogP contribution is 2.02. The Kier molecular flexibility index (Phi) is 6.26. The molecule has 5 nitrogen and oxygen atoms in total. The lowest BCUT2D eigenvalue weighted by Crippen LogP contribution is -2.43. The predicted molar refractivity (Wildman–Crippen MR) is 64.3 cm³/mol. The second kappa shape index (κ2) is 6.37. The molecule has 0 aliphatic rings. The van der Waals surface area contributed by atoms with Crippen LogP contribution in [-0.2, 0) is 14.8 Å². The van der Waals surface area contributed by atoms with E-state index >= 15 is 0 Å². The van der Waals surface area contributed by atoms with Crippen LogP contribution >= 0.6 is 12.2 Å². The van der Waals surface area contributed by atoms with E-state index in [9.17, 15) is 8.42 Å². The van der Waals surface area contributed by atoms with Crippen LogP contribution in [0.4, 0.5) is 0 Å². The van der Waals surface area contributed by atoms with E-state index in [0.717, 1.165) is 0 Å². The van der Waals surface area contributed by atoms with Gasteiger partial charge >= 0.3 is 0 Å². The number of rotatable bonds is 7. The van der Waals surface area contributed by atoms with Crippen LogP contribution in [0.2, 0.25) is 0 Å². The summed E-state index contributed by atoms with van der Waals surface area (Å²) in [6.07, 6.45) is 0.611. The number of sulfonamides is 1. The number of methoxy groups -OCH3 is 1.